The third-order valence-corrected chi connectivity index (χ3v) is 9.83. The van der Waals surface area contributed by atoms with Gasteiger partial charge in [-0.25, -0.2) is 18.1 Å². The average molecular weight is 661 g/mol. The molecule has 6 rings (SSSR count). The summed E-state index contributed by atoms with van der Waals surface area (Å²) in [6.07, 6.45) is 2.16. The Morgan fingerprint density at radius 3 is 1.76 bits per heavy atom. The van der Waals surface area contributed by atoms with Crippen molar-refractivity contribution in [1.29, 1.82) is 0 Å². The first-order valence-electron chi connectivity index (χ1n) is 13.5. The quantitative estimate of drug-likeness (QED) is 0.193. The molecule has 1 atom stereocenters. The van der Waals surface area contributed by atoms with Gasteiger partial charge < -0.3 is 20.5 Å². The van der Waals surface area contributed by atoms with Gasteiger partial charge in [0.05, 0.1) is 11.4 Å². The molecule has 0 spiro atoms. The second kappa shape index (κ2) is 12.1. The zero-order valence-electron chi connectivity index (χ0n) is 23.4. The van der Waals surface area contributed by atoms with Gasteiger partial charge in [-0.15, -0.1) is 0 Å². The molecule has 3 aromatic rings. The Labute approximate surface area is 257 Å². The van der Waals surface area contributed by atoms with Crippen LogP contribution in [0.5, 0.6) is 11.5 Å². The second-order valence-corrected chi connectivity index (χ2v) is 13.6. The number of carbonyl (C=O) groups excluding carboxylic acids is 3. The summed E-state index contributed by atoms with van der Waals surface area (Å²) >= 11 is 0. The first kappa shape index (κ1) is 31.3. The molecule has 0 unspecified atom stereocenters. The largest absolute Gasteiger partial charge is 0.506 e. The van der Waals surface area contributed by atoms with E-state index in [0.29, 0.717) is 30.5 Å². The number of H-pyrrole nitrogens is 1. The lowest BCUT2D eigenvalue weighted by Gasteiger charge is -2.17. The van der Waals surface area contributed by atoms with E-state index in [0.717, 1.165) is 20.6 Å². The maximum absolute atomic E-state index is 11.8. The minimum atomic E-state index is -3.96. The number of aromatic hydroxyl groups is 2. The fourth-order valence-electron chi connectivity index (χ4n) is 5.05. The number of aromatic amines is 1. The van der Waals surface area contributed by atoms with Gasteiger partial charge in [0.1, 0.15) is 24.6 Å². The van der Waals surface area contributed by atoms with Crippen molar-refractivity contribution in [2.24, 2.45) is 0 Å². The topological polar surface area (TPSA) is 235 Å². The summed E-state index contributed by atoms with van der Waals surface area (Å²) in [6.45, 7) is -0.727. The van der Waals surface area contributed by atoms with E-state index in [1.54, 1.807) is 24.3 Å². The lowest BCUT2D eigenvalue weighted by atomic mass is 10.0. The predicted octanol–water partition coefficient (Wildman–Crippen LogP) is -0.753. The molecule has 3 saturated heterocycles. The molecule has 18 heteroatoms. The Morgan fingerprint density at radius 2 is 1.29 bits per heavy atom. The van der Waals surface area contributed by atoms with Gasteiger partial charge in [0, 0.05) is 30.6 Å². The Kier molecular flexibility index (Phi) is 8.44. The molecule has 45 heavy (non-hydrogen) atoms. The lowest BCUT2D eigenvalue weighted by Crippen LogP contribution is -2.29. The molecule has 3 fully saturated rings. The minimum Gasteiger partial charge on any atom is -0.506 e. The van der Waals surface area contributed by atoms with Gasteiger partial charge in [-0.3, -0.25) is 19.2 Å². The molecule has 1 aromatic heterocycles. The molecular weight excluding hydrogens is 632 g/mol. The minimum absolute atomic E-state index is 0.0126. The fraction of sp³-hybridized carbons (Fsp3) is 0.259. The van der Waals surface area contributed by atoms with Crippen LogP contribution in [0.2, 0.25) is 0 Å². The number of rotatable bonds is 6. The zero-order valence-corrected chi connectivity index (χ0v) is 25.0. The van der Waals surface area contributed by atoms with Crippen LogP contribution in [0.15, 0.2) is 59.4 Å². The van der Waals surface area contributed by atoms with Crippen molar-refractivity contribution in [3.8, 4) is 11.5 Å². The molecule has 0 bridgehead atoms. The number of aromatic nitrogens is 1. The van der Waals surface area contributed by atoms with Gasteiger partial charge in [-0.05, 0) is 54.3 Å². The Morgan fingerprint density at radius 1 is 0.733 bits per heavy atom. The number of phenols is 2. The van der Waals surface area contributed by atoms with Gasteiger partial charge in [-0.1, -0.05) is 18.2 Å². The fourth-order valence-corrected chi connectivity index (χ4v) is 7.38. The maximum Gasteiger partial charge on any atom is 0.326 e. The Balaban J connectivity index is 0.000000178. The number of carbonyl (C=O) groups is 3. The van der Waals surface area contributed by atoms with E-state index in [9.17, 15) is 46.2 Å². The molecule has 3 amide bonds. The molecule has 6 N–H and O–H groups in total. The van der Waals surface area contributed by atoms with Crippen molar-refractivity contribution < 1.29 is 41.4 Å². The summed E-state index contributed by atoms with van der Waals surface area (Å²) < 4.78 is 52.4. The molecular formula is C27H28N6O10S2. The van der Waals surface area contributed by atoms with E-state index in [1.165, 1.54) is 30.3 Å². The zero-order chi connectivity index (χ0) is 32.5. The highest BCUT2D eigenvalue weighted by atomic mass is 32.2. The molecule has 0 aliphatic carbocycles. The third-order valence-electron chi connectivity index (χ3n) is 7.05. The first-order chi connectivity index (χ1) is 21.2. The monoisotopic (exact) mass is 660 g/mol. The summed E-state index contributed by atoms with van der Waals surface area (Å²) in [4.78, 5) is 47.6. The first-order valence-corrected chi connectivity index (χ1v) is 16.4. The second-order valence-electron chi connectivity index (χ2n) is 10.4. The van der Waals surface area contributed by atoms with E-state index >= 15 is 0 Å². The van der Waals surface area contributed by atoms with Crippen LogP contribution < -0.4 is 28.9 Å². The lowest BCUT2D eigenvalue weighted by molar-refractivity contribution is -0.119. The number of nitrogens with one attached hydrogen (secondary N) is 4. The smallest absolute Gasteiger partial charge is 0.326 e. The van der Waals surface area contributed by atoms with Crippen molar-refractivity contribution in [3.63, 3.8) is 0 Å². The van der Waals surface area contributed by atoms with Gasteiger partial charge >= 0.3 is 20.4 Å². The van der Waals surface area contributed by atoms with E-state index in [1.807, 2.05) is 9.44 Å². The standard InChI is InChI=1S/C14H13N3O5S.C13H15N3O5S/c18-12-7-9(6-10-2-1-3-13(19)15-10)4-5-11(12)17-8-14(20)16-23(17,21)22;17-11-6-8(5-9-2-4-12(18)14-9)1-3-10(11)16-7-13(19)15-22(16,20)21/h1-5,7,18H,6,8H2,(H,15,19)(H,16,20);1,3,6,9,17H,2,4-5,7H2,(H,14,18)(H,15,19)/t;9-/m.0/s1. The molecule has 4 heterocycles. The number of anilines is 2. The molecule has 2 aromatic carbocycles. The average Bonchev–Trinajstić information content (AvgIpc) is 3.56. The summed E-state index contributed by atoms with van der Waals surface area (Å²) in [7, 11) is -7.90. The van der Waals surface area contributed by atoms with Crippen molar-refractivity contribution in [3.05, 3.63) is 81.8 Å². The molecule has 238 valence electrons. The van der Waals surface area contributed by atoms with Crippen LogP contribution in [0.25, 0.3) is 0 Å². The van der Waals surface area contributed by atoms with Crippen molar-refractivity contribution in [1.82, 2.24) is 19.7 Å². The molecule has 3 aliphatic heterocycles. The number of phenolic OH excluding ortho intramolecular Hbond substituents is 2. The van der Waals surface area contributed by atoms with Gasteiger partial charge in [0.25, 0.3) is 11.8 Å². The van der Waals surface area contributed by atoms with E-state index in [-0.39, 0.29) is 53.5 Å². The number of amides is 3. The predicted molar refractivity (Wildman–Crippen MR) is 160 cm³/mol. The van der Waals surface area contributed by atoms with Gasteiger partial charge in [-0.2, -0.15) is 16.8 Å². The normalized spacial score (nSPS) is 19.8. The van der Waals surface area contributed by atoms with E-state index in [2.05, 4.69) is 10.3 Å². The van der Waals surface area contributed by atoms with Gasteiger partial charge in [0.15, 0.2) is 0 Å². The number of nitrogens with zero attached hydrogens (tertiary/aromatic N) is 2. The number of hydrogen-bond acceptors (Lipinski definition) is 10. The van der Waals surface area contributed by atoms with Crippen molar-refractivity contribution in [2.45, 2.75) is 31.7 Å². The van der Waals surface area contributed by atoms with Crippen molar-refractivity contribution >= 4 is 49.5 Å². The number of hydrogen-bond donors (Lipinski definition) is 6. The third kappa shape index (κ3) is 7.18. The van der Waals surface area contributed by atoms with Crippen LogP contribution in [-0.2, 0) is 47.6 Å². The van der Waals surface area contributed by atoms with Crippen LogP contribution in [-0.4, -0.2) is 68.9 Å². The van der Waals surface area contributed by atoms with E-state index < -0.39 is 32.2 Å². The van der Waals surface area contributed by atoms with E-state index in [4.69, 9.17) is 0 Å². The Bertz CT molecular complexity index is 1960. The summed E-state index contributed by atoms with van der Waals surface area (Å²) in [5.41, 5.74) is 1.98. The SMILES string of the molecule is O=C1CC[C@@H](Cc2ccc(N3CC(=O)NS3(=O)=O)c(O)c2)N1.O=C1CN(c2ccc(Cc3cccc(=O)[nH]3)cc2O)S(=O)(=O)N1. The summed E-state index contributed by atoms with van der Waals surface area (Å²) in [5, 5.41) is 23.0. The maximum atomic E-state index is 11.8. The molecule has 3 aliphatic rings. The van der Waals surface area contributed by atoms with Crippen molar-refractivity contribution in [2.75, 3.05) is 21.7 Å². The Hall–Kier alpha value is -5.10. The van der Waals surface area contributed by atoms with Crippen LogP contribution >= 0.6 is 0 Å². The van der Waals surface area contributed by atoms with Crippen LogP contribution in [0.1, 0.15) is 29.7 Å². The van der Waals surface area contributed by atoms with Gasteiger partial charge in [0.2, 0.25) is 11.5 Å². The molecule has 0 radical (unpaired) electrons. The highest BCUT2D eigenvalue weighted by molar-refractivity contribution is 7.92. The highest BCUT2D eigenvalue weighted by Crippen LogP contribution is 2.33. The summed E-state index contributed by atoms with van der Waals surface area (Å²) in [6, 6.07) is 13.8. The van der Waals surface area contributed by atoms with Crippen LogP contribution in [0, 0.1) is 0 Å². The molecule has 16 nitrogen and oxygen atoms in total. The number of pyridine rings is 1. The molecule has 0 saturated carbocycles. The number of benzene rings is 2. The van der Waals surface area contributed by atoms with Crippen LogP contribution in [0.3, 0.4) is 0 Å². The van der Waals surface area contributed by atoms with Crippen LogP contribution in [0.4, 0.5) is 11.4 Å². The summed E-state index contributed by atoms with van der Waals surface area (Å²) in [5.74, 6) is -1.77. The highest BCUT2D eigenvalue weighted by Gasteiger charge is 2.36.